The van der Waals surface area contributed by atoms with Crippen LogP contribution in [0.4, 0.5) is 0 Å². The fourth-order valence-electron chi connectivity index (χ4n) is 3.20. The number of ether oxygens (including phenoxy) is 1. The molecule has 0 saturated heterocycles. The molecule has 1 atom stereocenters. The summed E-state index contributed by atoms with van der Waals surface area (Å²) in [6.45, 7) is 1.96. The molecule has 1 amide bonds. The zero-order chi connectivity index (χ0) is 15.5. The second-order valence-corrected chi connectivity index (χ2v) is 6.09. The molecule has 1 fully saturated rings. The van der Waals surface area contributed by atoms with Crippen molar-refractivity contribution in [2.24, 2.45) is 5.92 Å². The Morgan fingerprint density at radius 3 is 2.82 bits per heavy atom. The van der Waals surface area contributed by atoms with Gasteiger partial charge >= 0.3 is 0 Å². The maximum atomic E-state index is 12.3. The summed E-state index contributed by atoms with van der Waals surface area (Å²) in [6, 6.07) is 7.64. The highest BCUT2D eigenvalue weighted by Gasteiger charge is 2.23. The van der Waals surface area contributed by atoms with Crippen LogP contribution in [-0.2, 0) is 4.79 Å². The lowest BCUT2D eigenvalue weighted by atomic mass is 9.88. The molecule has 1 aliphatic rings. The molecule has 3 rings (SSSR count). The number of amides is 1. The van der Waals surface area contributed by atoms with Gasteiger partial charge in [-0.2, -0.15) is 0 Å². The van der Waals surface area contributed by atoms with Crippen molar-refractivity contribution in [3.05, 3.63) is 30.0 Å². The molecular weight excluding hydrogens is 278 g/mol. The lowest BCUT2D eigenvalue weighted by molar-refractivity contribution is -0.126. The van der Waals surface area contributed by atoms with Crippen molar-refractivity contribution in [1.29, 1.82) is 0 Å². The number of nitrogens with one attached hydrogen (secondary N) is 1. The molecule has 1 N–H and O–H groups in total. The Labute approximate surface area is 130 Å². The number of carbonyl (C=O) groups is 1. The third-order valence-electron chi connectivity index (χ3n) is 4.51. The maximum Gasteiger partial charge on any atom is 0.223 e. The van der Waals surface area contributed by atoms with E-state index < -0.39 is 0 Å². The summed E-state index contributed by atoms with van der Waals surface area (Å²) >= 11 is 0. The molecule has 118 valence electrons. The zero-order valence-electron chi connectivity index (χ0n) is 13.2. The predicted octanol–water partition coefficient (Wildman–Crippen LogP) is 4.20. The fourth-order valence-corrected chi connectivity index (χ4v) is 3.20. The fraction of sp³-hybridized carbons (Fsp3) is 0.500. The third-order valence-corrected chi connectivity index (χ3v) is 4.51. The number of hydrogen-bond acceptors (Lipinski definition) is 3. The molecule has 0 spiro atoms. The Morgan fingerprint density at radius 2 is 2.09 bits per heavy atom. The van der Waals surface area contributed by atoms with E-state index >= 15 is 0 Å². The van der Waals surface area contributed by atoms with E-state index in [2.05, 4.69) is 5.32 Å². The molecule has 1 aromatic heterocycles. The largest absolute Gasteiger partial charge is 0.493 e. The smallest absolute Gasteiger partial charge is 0.223 e. The van der Waals surface area contributed by atoms with Gasteiger partial charge in [-0.25, -0.2) is 0 Å². The van der Waals surface area contributed by atoms with Crippen LogP contribution < -0.4 is 10.1 Å². The second-order valence-electron chi connectivity index (χ2n) is 6.09. The van der Waals surface area contributed by atoms with Crippen molar-refractivity contribution >= 4 is 16.9 Å². The summed E-state index contributed by atoms with van der Waals surface area (Å²) in [5.41, 5.74) is 0.735. The molecule has 0 unspecified atom stereocenters. The average Bonchev–Trinajstić information content (AvgIpc) is 2.99. The van der Waals surface area contributed by atoms with E-state index in [1.807, 2.05) is 31.2 Å². The third kappa shape index (κ3) is 2.96. The standard InChI is InChI=1S/C18H23NO3/c1-12(19-18(20)13-7-4-3-5-8-13)16-11-14-9-6-10-15(21-2)17(14)22-16/h6,9-13H,3-5,7-8H2,1-2H3,(H,19,20)/t12-/m0/s1. The molecule has 22 heavy (non-hydrogen) atoms. The summed E-state index contributed by atoms with van der Waals surface area (Å²) < 4.78 is 11.2. The predicted molar refractivity (Wildman–Crippen MR) is 85.9 cm³/mol. The quantitative estimate of drug-likeness (QED) is 0.920. The topological polar surface area (TPSA) is 51.5 Å². The molecule has 1 aromatic carbocycles. The second kappa shape index (κ2) is 6.42. The van der Waals surface area contributed by atoms with Gasteiger partial charge in [-0.05, 0) is 31.9 Å². The van der Waals surface area contributed by atoms with Crippen molar-refractivity contribution in [3.63, 3.8) is 0 Å². The molecule has 0 radical (unpaired) electrons. The summed E-state index contributed by atoms with van der Waals surface area (Å²) in [5.74, 6) is 1.80. The van der Waals surface area contributed by atoms with Crippen molar-refractivity contribution in [2.75, 3.05) is 7.11 Å². The number of rotatable bonds is 4. The van der Waals surface area contributed by atoms with Crippen LogP contribution in [0.1, 0.15) is 50.8 Å². The van der Waals surface area contributed by atoms with Gasteiger partial charge in [0.05, 0.1) is 13.2 Å². The van der Waals surface area contributed by atoms with Crippen LogP contribution in [-0.4, -0.2) is 13.0 Å². The van der Waals surface area contributed by atoms with Gasteiger partial charge in [0.2, 0.25) is 5.91 Å². The summed E-state index contributed by atoms with van der Waals surface area (Å²) in [6.07, 6.45) is 5.59. The van der Waals surface area contributed by atoms with Gasteiger partial charge in [-0.3, -0.25) is 4.79 Å². The minimum Gasteiger partial charge on any atom is -0.493 e. The number of fused-ring (bicyclic) bond motifs is 1. The number of para-hydroxylation sites is 1. The number of furan rings is 1. The van der Waals surface area contributed by atoms with Gasteiger partial charge in [-0.15, -0.1) is 0 Å². The first-order chi connectivity index (χ1) is 10.7. The Balaban J connectivity index is 1.74. The van der Waals surface area contributed by atoms with Crippen LogP contribution in [0.2, 0.25) is 0 Å². The minimum atomic E-state index is -0.133. The highest BCUT2D eigenvalue weighted by molar-refractivity contribution is 5.84. The average molecular weight is 301 g/mol. The lowest BCUT2D eigenvalue weighted by Crippen LogP contribution is -2.33. The minimum absolute atomic E-state index is 0.133. The van der Waals surface area contributed by atoms with E-state index in [1.54, 1.807) is 7.11 Å². The van der Waals surface area contributed by atoms with Crippen LogP contribution in [0.5, 0.6) is 5.75 Å². The Hall–Kier alpha value is -1.97. The summed E-state index contributed by atoms with van der Waals surface area (Å²) in [4.78, 5) is 12.3. The van der Waals surface area contributed by atoms with Crippen LogP contribution in [0.25, 0.3) is 11.0 Å². The Morgan fingerprint density at radius 1 is 1.32 bits per heavy atom. The molecule has 4 nitrogen and oxygen atoms in total. The highest BCUT2D eigenvalue weighted by atomic mass is 16.5. The van der Waals surface area contributed by atoms with E-state index in [1.165, 1.54) is 6.42 Å². The van der Waals surface area contributed by atoms with E-state index in [4.69, 9.17) is 9.15 Å². The van der Waals surface area contributed by atoms with Crippen LogP contribution in [0.3, 0.4) is 0 Å². The van der Waals surface area contributed by atoms with Crippen LogP contribution in [0, 0.1) is 5.92 Å². The van der Waals surface area contributed by atoms with E-state index in [0.717, 1.165) is 48.2 Å². The molecule has 1 heterocycles. The van der Waals surface area contributed by atoms with Gasteiger partial charge in [0.25, 0.3) is 0 Å². The molecule has 2 aromatic rings. The highest BCUT2D eigenvalue weighted by Crippen LogP contribution is 2.31. The van der Waals surface area contributed by atoms with Gasteiger partial charge in [-0.1, -0.05) is 31.4 Å². The van der Waals surface area contributed by atoms with Gasteiger partial charge in [0, 0.05) is 11.3 Å². The molecule has 1 saturated carbocycles. The normalized spacial score (nSPS) is 17.4. The van der Waals surface area contributed by atoms with Crippen molar-refractivity contribution in [3.8, 4) is 5.75 Å². The van der Waals surface area contributed by atoms with Gasteiger partial charge in [0.1, 0.15) is 5.76 Å². The SMILES string of the molecule is COc1cccc2cc([C@H](C)NC(=O)C3CCCCC3)oc12. The first-order valence-corrected chi connectivity index (χ1v) is 8.06. The van der Waals surface area contributed by atoms with E-state index in [-0.39, 0.29) is 17.9 Å². The Bertz CT molecular complexity index is 655. The van der Waals surface area contributed by atoms with Gasteiger partial charge < -0.3 is 14.5 Å². The maximum absolute atomic E-state index is 12.3. The Kier molecular flexibility index (Phi) is 4.36. The molecule has 0 aliphatic heterocycles. The summed E-state index contributed by atoms with van der Waals surface area (Å²) in [7, 11) is 1.63. The monoisotopic (exact) mass is 301 g/mol. The van der Waals surface area contributed by atoms with Crippen molar-refractivity contribution in [1.82, 2.24) is 5.32 Å². The number of carbonyl (C=O) groups excluding carboxylic acids is 1. The first kappa shape index (κ1) is 14.9. The molecule has 0 bridgehead atoms. The number of methoxy groups -OCH3 is 1. The summed E-state index contributed by atoms with van der Waals surface area (Å²) in [5, 5.41) is 4.08. The number of benzene rings is 1. The van der Waals surface area contributed by atoms with E-state index in [9.17, 15) is 4.79 Å². The zero-order valence-corrected chi connectivity index (χ0v) is 13.2. The van der Waals surface area contributed by atoms with E-state index in [0.29, 0.717) is 0 Å². The van der Waals surface area contributed by atoms with Crippen LogP contribution in [0.15, 0.2) is 28.7 Å². The lowest BCUT2D eigenvalue weighted by Gasteiger charge is -2.22. The molecular formula is C18H23NO3. The van der Waals surface area contributed by atoms with Crippen molar-refractivity contribution < 1.29 is 13.9 Å². The van der Waals surface area contributed by atoms with Crippen molar-refractivity contribution in [2.45, 2.75) is 45.1 Å². The molecule has 4 heteroatoms. The molecule has 1 aliphatic carbocycles. The number of hydrogen-bond donors (Lipinski definition) is 1. The van der Waals surface area contributed by atoms with Gasteiger partial charge in [0.15, 0.2) is 11.3 Å². The van der Waals surface area contributed by atoms with Crippen LogP contribution >= 0.6 is 0 Å². The first-order valence-electron chi connectivity index (χ1n) is 8.06.